The van der Waals surface area contributed by atoms with E-state index in [9.17, 15) is 0 Å². The van der Waals surface area contributed by atoms with Crippen LogP contribution in [-0.2, 0) is 4.74 Å². The van der Waals surface area contributed by atoms with Gasteiger partial charge in [-0.2, -0.15) is 0 Å². The Morgan fingerprint density at radius 2 is 1.88 bits per heavy atom. The van der Waals surface area contributed by atoms with Crippen LogP contribution in [0.25, 0.3) is 6.08 Å². The molecule has 0 bridgehead atoms. The van der Waals surface area contributed by atoms with Crippen molar-refractivity contribution in [1.82, 2.24) is 5.32 Å². The molecule has 16 heavy (non-hydrogen) atoms. The summed E-state index contributed by atoms with van der Waals surface area (Å²) in [7, 11) is 1.72. The molecule has 1 rings (SSSR count). The van der Waals surface area contributed by atoms with Gasteiger partial charge in [0.15, 0.2) is 0 Å². The van der Waals surface area contributed by atoms with Crippen molar-refractivity contribution in [2.45, 2.75) is 13.8 Å². The van der Waals surface area contributed by atoms with E-state index in [1.807, 2.05) is 0 Å². The van der Waals surface area contributed by atoms with Gasteiger partial charge in [-0.25, -0.2) is 0 Å². The summed E-state index contributed by atoms with van der Waals surface area (Å²) < 4.78 is 4.95. The number of methoxy groups -OCH3 is 1. The van der Waals surface area contributed by atoms with Crippen LogP contribution in [-0.4, -0.2) is 26.8 Å². The molecule has 88 valence electrons. The highest BCUT2D eigenvalue weighted by atomic mass is 16.5. The number of hydrogen-bond acceptors (Lipinski definition) is 2. The zero-order valence-electron chi connectivity index (χ0n) is 10.4. The Balaban J connectivity index is 2.37. The van der Waals surface area contributed by atoms with Crippen LogP contribution < -0.4 is 5.32 Å². The van der Waals surface area contributed by atoms with Gasteiger partial charge in [-0.15, -0.1) is 0 Å². The summed E-state index contributed by atoms with van der Waals surface area (Å²) in [5, 5.41) is 3.27. The van der Waals surface area contributed by atoms with Gasteiger partial charge in [-0.1, -0.05) is 41.5 Å². The number of ether oxygens (including phenoxy) is 1. The van der Waals surface area contributed by atoms with Crippen molar-refractivity contribution < 1.29 is 4.74 Å². The molecule has 0 saturated heterocycles. The predicted molar refractivity (Wildman–Crippen MR) is 69.7 cm³/mol. The summed E-state index contributed by atoms with van der Waals surface area (Å²) in [6, 6.07) is 6.57. The Hall–Kier alpha value is -1.12. The second-order valence-corrected chi connectivity index (χ2v) is 4.02. The Bertz CT molecular complexity index is 324. The molecule has 0 heterocycles. The molecule has 0 aliphatic carbocycles. The van der Waals surface area contributed by atoms with E-state index in [4.69, 9.17) is 4.74 Å². The maximum Gasteiger partial charge on any atom is 0.0587 e. The Labute approximate surface area is 98.3 Å². The molecule has 1 aromatic carbocycles. The van der Waals surface area contributed by atoms with Gasteiger partial charge < -0.3 is 10.1 Å². The fourth-order valence-electron chi connectivity index (χ4n) is 1.66. The Morgan fingerprint density at radius 3 is 2.50 bits per heavy atom. The minimum Gasteiger partial charge on any atom is -0.383 e. The fourth-order valence-corrected chi connectivity index (χ4v) is 1.66. The largest absolute Gasteiger partial charge is 0.383 e. The van der Waals surface area contributed by atoms with Gasteiger partial charge in [-0.05, 0) is 19.4 Å². The van der Waals surface area contributed by atoms with Crippen molar-refractivity contribution in [1.29, 1.82) is 0 Å². The van der Waals surface area contributed by atoms with Crippen molar-refractivity contribution in [3.05, 3.63) is 41.0 Å². The molecule has 0 aromatic heterocycles. The van der Waals surface area contributed by atoms with Crippen LogP contribution in [0.5, 0.6) is 0 Å². The zero-order chi connectivity index (χ0) is 11.8. The molecule has 0 saturated carbocycles. The van der Waals surface area contributed by atoms with Crippen molar-refractivity contribution >= 4 is 6.08 Å². The molecular weight excluding hydrogens is 198 g/mol. The monoisotopic (exact) mass is 219 g/mol. The van der Waals surface area contributed by atoms with Gasteiger partial charge in [-0.3, -0.25) is 0 Å². The molecule has 0 spiro atoms. The first-order valence-corrected chi connectivity index (χ1v) is 5.67. The highest BCUT2D eigenvalue weighted by Gasteiger charge is 1.91. The normalized spacial score (nSPS) is 11.2. The number of benzene rings is 1. The van der Waals surface area contributed by atoms with Crippen LogP contribution in [0, 0.1) is 13.8 Å². The van der Waals surface area contributed by atoms with Crippen molar-refractivity contribution in [2.75, 3.05) is 26.8 Å². The minimum absolute atomic E-state index is 0.761. The summed E-state index contributed by atoms with van der Waals surface area (Å²) in [5.41, 5.74) is 3.89. The number of nitrogens with one attached hydrogen (secondary N) is 1. The topological polar surface area (TPSA) is 21.3 Å². The zero-order valence-corrected chi connectivity index (χ0v) is 10.4. The Kier molecular flexibility index (Phi) is 5.83. The average molecular weight is 219 g/mol. The lowest BCUT2D eigenvalue weighted by molar-refractivity contribution is 0.200. The van der Waals surface area contributed by atoms with Crippen LogP contribution in [0.4, 0.5) is 0 Å². The maximum absolute atomic E-state index is 4.95. The molecule has 0 aliphatic rings. The molecule has 0 fully saturated rings. The second-order valence-electron chi connectivity index (χ2n) is 4.02. The van der Waals surface area contributed by atoms with Gasteiger partial charge in [0.05, 0.1) is 6.61 Å². The summed E-state index contributed by atoms with van der Waals surface area (Å²) in [6.45, 7) is 6.80. The van der Waals surface area contributed by atoms with Crippen LogP contribution in [0.1, 0.15) is 16.7 Å². The van der Waals surface area contributed by atoms with Crippen LogP contribution in [0.2, 0.25) is 0 Å². The lowest BCUT2D eigenvalue weighted by Crippen LogP contribution is -2.18. The van der Waals surface area contributed by atoms with Gasteiger partial charge >= 0.3 is 0 Å². The van der Waals surface area contributed by atoms with Crippen molar-refractivity contribution in [3.8, 4) is 0 Å². The standard InChI is InChI=1S/C14H21NO/c1-12-9-13(2)11-14(10-12)5-4-6-15-7-8-16-3/h4-5,9-11,15H,6-8H2,1-3H3. The van der Waals surface area contributed by atoms with E-state index in [0.29, 0.717) is 0 Å². The molecule has 2 heteroatoms. The van der Waals surface area contributed by atoms with Gasteiger partial charge in [0, 0.05) is 20.2 Å². The smallest absolute Gasteiger partial charge is 0.0587 e. The third-order valence-corrected chi connectivity index (χ3v) is 2.30. The average Bonchev–Trinajstić information content (AvgIpc) is 2.22. The number of aryl methyl sites for hydroxylation is 2. The van der Waals surface area contributed by atoms with E-state index in [-0.39, 0.29) is 0 Å². The van der Waals surface area contributed by atoms with E-state index in [1.54, 1.807) is 7.11 Å². The molecular formula is C14H21NO. The molecule has 2 nitrogen and oxygen atoms in total. The second kappa shape index (κ2) is 7.20. The van der Waals surface area contributed by atoms with E-state index in [0.717, 1.165) is 19.7 Å². The molecule has 1 aromatic rings. The first-order chi connectivity index (χ1) is 7.72. The lowest BCUT2D eigenvalue weighted by atomic mass is 10.1. The highest BCUT2D eigenvalue weighted by Crippen LogP contribution is 2.09. The lowest BCUT2D eigenvalue weighted by Gasteiger charge is -2.01. The highest BCUT2D eigenvalue weighted by molar-refractivity contribution is 5.51. The van der Waals surface area contributed by atoms with E-state index >= 15 is 0 Å². The fraction of sp³-hybridized carbons (Fsp3) is 0.429. The van der Waals surface area contributed by atoms with Crippen molar-refractivity contribution in [2.24, 2.45) is 0 Å². The van der Waals surface area contributed by atoms with Crippen LogP contribution in [0.3, 0.4) is 0 Å². The Morgan fingerprint density at radius 1 is 1.19 bits per heavy atom. The van der Waals surface area contributed by atoms with Gasteiger partial charge in [0.2, 0.25) is 0 Å². The molecule has 1 N–H and O–H groups in total. The van der Waals surface area contributed by atoms with E-state index < -0.39 is 0 Å². The van der Waals surface area contributed by atoms with E-state index in [2.05, 4.69) is 49.5 Å². The van der Waals surface area contributed by atoms with Crippen molar-refractivity contribution in [3.63, 3.8) is 0 Å². The maximum atomic E-state index is 4.95. The SMILES string of the molecule is COCCNCC=Cc1cc(C)cc(C)c1. The molecule has 0 amide bonds. The summed E-state index contributed by atoms with van der Waals surface area (Å²) >= 11 is 0. The first kappa shape index (κ1) is 12.9. The van der Waals surface area contributed by atoms with Crippen LogP contribution in [0.15, 0.2) is 24.3 Å². The summed E-state index contributed by atoms with van der Waals surface area (Å²) in [4.78, 5) is 0. The number of hydrogen-bond donors (Lipinski definition) is 1. The minimum atomic E-state index is 0.761. The summed E-state index contributed by atoms with van der Waals surface area (Å²) in [5.74, 6) is 0. The number of rotatable bonds is 6. The summed E-state index contributed by atoms with van der Waals surface area (Å²) in [6.07, 6.45) is 4.30. The first-order valence-electron chi connectivity index (χ1n) is 5.67. The predicted octanol–water partition coefficient (Wildman–Crippen LogP) is 2.55. The third-order valence-electron chi connectivity index (χ3n) is 2.30. The van der Waals surface area contributed by atoms with Gasteiger partial charge in [0.1, 0.15) is 0 Å². The van der Waals surface area contributed by atoms with Crippen LogP contribution >= 0.6 is 0 Å². The molecule has 0 unspecified atom stereocenters. The molecule has 0 aliphatic heterocycles. The van der Waals surface area contributed by atoms with Gasteiger partial charge in [0.25, 0.3) is 0 Å². The quantitative estimate of drug-likeness (QED) is 0.742. The van der Waals surface area contributed by atoms with E-state index in [1.165, 1.54) is 16.7 Å². The molecule has 0 radical (unpaired) electrons. The molecule has 0 atom stereocenters. The third kappa shape index (κ3) is 5.10.